The first kappa shape index (κ1) is 14.9. The van der Waals surface area contributed by atoms with Crippen LogP contribution in [0.3, 0.4) is 0 Å². The number of ether oxygens (including phenoxy) is 1. The zero-order valence-electron chi connectivity index (χ0n) is 12.5. The Morgan fingerprint density at radius 1 is 0.947 bits per heavy atom. The Hall–Kier alpha value is -0.450. The summed E-state index contributed by atoms with van der Waals surface area (Å²) in [6.45, 7) is 5.55. The van der Waals surface area contributed by atoms with Gasteiger partial charge in [0.05, 0.1) is 12.2 Å². The van der Waals surface area contributed by atoms with Crippen molar-refractivity contribution in [1.29, 1.82) is 0 Å². The molecule has 4 nitrogen and oxygen atoms in total. The number of carbonyl (C=O) groups excluding carboxylic acids is 1. The molecule has 0 radical (unpaired) electrons. The molecule has 3 heterocycles. The van der Waals surface area contributed by atoms with Crippen molar-refractivity contribution >= 4 is 5.78 Å². The normalized spacial score (nSPS) is 33.3. The lowest BCUT2D eigenvalue weighted by Crippen LogP contribution is -2.20. The Bertz CT molecular complexity index is 303. The average molecular weight is 268 g/mol. The fourth-order valence-corrected chi connectivity index (χ4v) is 2.79. The molecule has 4 heteroatoms. The van der Waals surface area contributed by atoms with Crippen molar-refractivity contribution in [1.82, 2.24) is 9.80 Å². The van der Waals surface area contributed by atoms with Gasteiger partial charge in [0.25, 0.3) is 0 Å². The van der Waals surface area contributed by atoms with Crippen molar-refractivity contribution in [3.63, 3.8) is 0 Å². The van der Waals surface area contributed by atoms with E-state index in [9.17, 15) is 4.79 Å². The van der Waals surface area contributed by atoms with Gasteiger partial charge in [-0.05, 0) is 52.9 Å². The van der Waals surface area contributed by atoms with Crippen LogP contribution in [-0.2, 0) is 9.53 Å². The number of epoxide rings is 1. The van der Waals surface area contributed by atoms with Crippen LogP contribution in [0.5, 0.6) is 0 Å². The standard InChI is InChI=1S/C8H15NO.C7H13NO/c1-9-5-2-3-8(4-6-9)7-10-8;1-8-5-2-3-7(9)4-6-8/h2-7H2,1H3;2-6H2,1H3. The van der Waals surface area contributed by atoms with Crippen LogP contribution in [0.4, 0.5) is 0 Å². The summed E-state index contributed by atoms with van der Waals surface area (Å²) in [7, 11) is 4.26. The van der Waals surface area contributed by atoms with Gasteiger partial charge in [-0.3, -0.25) is 4.79 Å². The first-order chi connectivity index (χ1) is 9.10. The van der Waals surface area contributed by atoms with Crippen LogP contribution < -0.4 is 0 Å². The summed E-state index contributed by atoms with van der Waals surface area (Å²) in [4.78, 5) is 15.4. The molecule has 0 aromatic carbocycles. The van der Waals surface area contributed by atoms with Crippen LogP contribution in [0.15, 0.2) is 0 Å². The number of carbonyl (C=O) groups is 1. The van der Waals surface area contributed by atoms with Crippen molar-refractivity contribution in [2.75, 3.05) is 46.9 Å². The van der Waals surface area contributed by atoms with E-state index < -0.39 is 0 Å². The number of likely N-dealkylation sites (tertiary alicyclic amines) is 2. The molecule has 0 N–H and O–H groups in total. The molecule has 1 spiro atoms. The first-order valence-electron chi connectivity index (χ1n) is 7.62. The number of Topliss-reactive ketones (excluding diaryl/α,β-unsaturated/α-hetero) is 1. The van der Waals surface area contributed by atoms with E-state index >= 15 is 0 Å². The van der Waals surface area contributed by atoms with Gasteiger partial charge in [0, 0.05) is 25.9 Å². The lowest BCUT2D eigenvalue weighted by molar-refractivity contribution is -0.118. The van der Waals surface area contributed by atoms with Gasteiger partial charge in [-0.15, -0.1) is 0 Å². The molecule has 0 aromatic heterocycles. The molecular weight excluding hydrogens is 240 g/mol. The van der Waals surface area contributed by atoms with Gasteiger partial charge in [0.1, 0.15) is 5.78 Å². The van der Waals surface area contributed by atoms with E-state index in [1.54, 1.807) is 0 Å². The highest BCUT2D eigenvalue weighted by Gasteiger charge is 2.44. The second-order valence-corrected chi connectivity index (χ2v) is 6.32. The summed E-state index contributed by atoms with van der Waals surface area (Å²) in [6.07, 6.45) is 6.47. The molecule has 1 atom stereocenters. The zero-order chi connectivity index (χ0) is 13.7. The number of nitrogens with zero attached hydrogens (tertiary/aromatic N) is 2. The van der Waals surface area contributed by atoms with Crippen molar-refractivity contribution in [3.8, 4) is 0 Å². The van der Waals surface area contributed by atoms with E-state index in [0.717, 1.165) is 39.0 Å². The summed E-state index contributed by atoms with van der Waals surface area (Å²) >= 11 is 0. The predicted molar refractivity (Wildman–Crippen MR) is 76.4 cm³/mol. The van der Waals surface area contributed by atoms with Gasteiger partial charge in [0.15, 0.2) is 0 Å². The lowest BCUT2D eigenvalue weighted by atomic mass is 10.0. The van der Waals surface area contributed by atoms with Gasteiger partial charge in [-0.2, -0.15) is 0 Å². The highest BCUT2D eigenvalue weighted by molar-refractivity contribution is 5.78. The van der Waals surface area contributed by atoms with Crippen molar-refractivity contribution in [3.05, 3.63) is 0 Å². The fraction of sp³-hybridized carbons (Fsp3) is 0.933. The summed E-state index contributed by atoms with van der Waals surface area (Å²) < 4.78 is 5.44. The maximum Gasteiger partial charge on any atom is 0.134 e. The molecule has 0 aromatic rings. The monoisotopic (exact) mass is 268 g/mol. The smallest absolute Gasteiger partial charge is 0.134 e. The van der Waals surface area contributed by atoms with E-state index in [0.29, 0.717) is 11.4 Å². The number of hydrogen-bond acceptors (Lipinski definition) is 4. The summed E-state index contributed by atoms with van der Waals surface area (Å²) in [5.74, 6) is 0.430. The minimum absolute atomic E-state index is 0.352. The van der Waals surface area contributed by atoms with Crippen LogP contribution in [0, 0.1) is 0 Å². The zero-order valence-corrected chi connectivity index (χ0v) is 12.5. The summed E-state index contributed by atoms with van der Waals surface area (Å²) in [6, 6.07) is 0. The van der Waals surface area contributed by atoms with Crippen LogP contribution in [0.25, 0.3) is 0 Å². The molecule has 0 saturated carbocycles. The average Bonchev–Trinajstić information content (AvgIpc) is 3.18. The van der Waals surface area contributed by atoms with Gasteiger partial charge in [-0.1, -0.05) is 0 Å². The number of rotatable bonds is 0. The third kappa shape index (κ3) is 5.21. The van der Waals surface area contributed by atoms with Crippen LogP contribution in [0.2, 0.25) is 0 Å². The molecule has 0 amide bonds. The quantitative estimate of drug-likeness (QED) is 0.624. The van der Waals surface area contributed by atoms with Crippen LogP contribution >= 0.6 is 0 Å². The number of ketones is 1. The molecule has 0 aliphatic carbocycles. The second-order valence-electron chi connectivity index (χ2n) is 6.32. The molecule has 3 aliphatic rings. The van der Waals surface area contributed by atoms with Crippen molar-refractivity contribution < 1.29 is 9.53 Å². The molecule has 110 valence electrons. The van der Waals surface area contributed by atoms with E-state index in [-0.39, 0.29) is 0 Å². The summed E-state index contributed by atoms with van der Waals surface area (Å²) in [5.41, 5.74) is 0.352. The third-order valence-electron chi connectivity index (χ3n) is 4.44. The highest BCUT2D eigenvalue weighted by atomic mass is 16.6. The molecule has 3 aliphatic heterocycles. The van der Waals surface area contributed by atoms with Gasteiger partial charge >= 0.3 is 0 Å². The van der Waals surface area contributed by atoms with E-state index in [2.05, 4.69) is 23.9 Å². The molecule has 3 rings (SSSR count). The van der Waals surface area contributed by atoms with E-state index in [4.69, 9.17) is 4.74 Å². The number of hydrogen-bond donors (Lipinski definition) is 0. The fourth-order valence-electron chi connectivity index (χ4n) is 2.79. The maximum absolute atomic E-state index is 10.8. The second kappa shape index (κ2) is 6.82. The Kier molecular flexibility index (Phi) is 5.37. The molecule has 3 saturated heterocycles. The first-order valence-corrected chi connectivity index (χ1v) is 7.62. The molecule has 0 bridgehead atoms. The van der Waals surface area contributed by atoms with Gasteiger partial charge in [-0.25, -0.2) is 0 Å². The highest BCUT2D eigenvalue weighted by Crippen LogP contribution is 2.37. The van der Waals surface area contributed by atoms with E-state index in [1.807, 2.05) is 0 Å². The van der Waals surface area contributed by atoms with E-state index in [1.165, 1.54) is 32.4 Å². The maximum atomic E-state index is 10.8. The minimum Gasteiger partial charge on any atom is -0.370 e. The Labute approximate surface area is 117 Å². The van der Waals surface area contributed by atoms with Crippen molar-refractivity contribution in [2.24, 2.45) is 0 Å². The van der Waals surface area contributed by atoms with Gasteiger partial charge < -0.3 is 14.5 Å². The molecular formula is C15H28N2O2. The summed E-state index contributed by atoms with van der Waals surface area (Å²) in [5, 5.41) is 0. The Balaban J connectivity index is 0.000000141. The topological polar surface area (TPSA) is 36.1 Å². The third-order valence-corrected chi connectivity index (χ3v) is 4.44. The van der Waals surface area contributed by atoms with Gasteiger partial charge in [0.2, 0.25) is 0 Å². The minimum atomic E-state index is 0.352. The van der Waals surface area contributed by atoms with Crippen LogP contribution in [-0.4, -0.2) is 68.1 Å². The molecule has 3 fully saturated rings. The SMILES string of the molecule is CN1CCCC(=O)CC1.CN1CCCC2(CC1)CO2. The largest absolute Gasteiger partial charge is 0.370 e. The Morgan fingerprint density at radius 3 is 2.37 bits per heavy atom. The Morgan fingerprint density at radius 2 is 1.63 bits per heavy atom. The van der Waals surface area contributed by atoms with Crippen molar-refractivity contribution in [2.45, 2.75) is 44.1 Å². The molecule has 1 unspecified atom stereocenters. The lowest BCUT2D eigenvalue weighted by Gasteiger charge is -2.11. The predicted octanol–water partition coefficient (Wildman–Crippen LogP) is 1.54. The molecule has 19 heavy (non-hydrogen) atoms. The van der Waals surface area contributed by atoms with Crippen LogP contribution in [0.1, 0.15) is 38.5 Å².